The van der Waals surface area contributed by atoms with Crippen molar-refractivity contribution in [2.45, 2.75) is 32.6 Å². The second-order valence-electron chi connectivity index (χ2n) is 5.59. The van der Waals surface area contributed by atoms with Crippen molar-refractivity contribution < 1.29 is 9.53 Å². The van der Waals surface area contributed by atoms with E-state index in [2.05, 4.69) is 33.0 Å². The van der Waals surface area contributed by atoms with E-state index in [9.17, 15) is 4.79 Å². The number of carbonyl (C=O) groups excluding carboxylic acids is 1. The standard InChI is InChI=1S/C17H20BrNO2/c1-2-21-17(20)13-6-4-8-19-7-3-5-12-10-15(18)11-14(9-13)16(12)19/h9-11H,2-8H2,1H3/b13-9+. The van der Waals surface area contributed by atoms with Gasteiger partial charge in [-0.1, -0.05) is 15.9 Å². The van der Waals surface area contributed by atoms with Gasteiger partial charge in [-0.15, -0.1) is 0 Å². The van der Waals surface area contributed by atoms with E-state index < -0.39 is 0 Å². The van der Waals surface area contributed by atoms with Crippen LogP contribution in [0.15, 0.2) is 22.2 Å². The Bertz CT molecular complexity index is 595. The minimum Gasteiger partial charge on any atom is -0.463 e. The van der Waals surface area contributed by atoms with Crippen LogP contribution in [0.5, 0.6) is 0 Å². The number of ether oxygens (including phenoxy) is 1. The molecule has 0 bridgehead atoms. The van der Waals surface area contributed by atoms with Crippen molar-refractivity contribution in [2.75, 3.05) is 24.6 Å². The van der Waals surface area contributed by atoms with Crippen LogP contribution in [0.25, 0.3) is 6.08 Å². The van der Waals surface area contributed by atoms with Gasteiger partial charge in [-0.05, 0) is 61.9 Å². The molecule has 0 saturated carbocycles. The second-order valence-corrected chi connectivity index (χ2v) is 6.50. The van der Waals surface area contributed by atoms with E-state index in [1.807, 2.05) is 13.0 Å². The molecule has 0 aromatic heterocycles. The lowest BCUT2D eigenvalue weighted by atomic mass is 9.93. The maximum absolute atomic E-state index is 12.1. The summed E-state index contributed by atoms with van der Waals surface area (Å²) >= 11 is 3.59. The van der Waals surface area contributed by atoms with Crippen LogP contribution in [-0.4, -0.2) is 25.7 Å². The summed E-state index contributed by atoms with van der Waals surface area (Å²) in [7, 11) is 0. The normalized spacial score (nSPS) is 19.9. The largest absolute Gasteiger partial charge is 0.463 e. The first kappa shape index (κ1) is 14.6. The van der Waals surface area contributed by atoms with Crippen LogP contribution < -0.4 is 4.90 Å². The zero-order valence-corrected chi connectivity index (χ0v) is 13.9. The Morgan fingerprint density at radius 2 is 2.05 bits per heavy atom. The number of hydrogen-bond donors (Lipinski definition) is 0. The van der Waals surface area contributed by atoms with Crippen LogP contribution in [0, 0.1) is 0 Å². The van der Waals surface area contributed by atoms with Crippen molar-refractivity contribution in [1.82, 2.24) is 0 Å². The molecule has 2 aliphatic heterocycles. The Labute approximate surface area is 134 Å². The molecule has 0 aliphatic carbocycles. The lowest BCUT2D eigenvalue weighted by molar-refractivity contribution is -0.138. The summed E-state index contributed by atoms with van der Waals surface area (Å²) in [5.41, 5.74) is 4.63. The number of carbonyl (C=O) groups is 1. The van der Waals surface area contributed by atoms with Gasteiger partial charge in [0.15, 0.2) is 0 Å². The summed E-state index contributed by atoms with van der Waals surface area (Å²) in [4.78, 5) is 14.6. The van der Waals surface area contributed by atoms with E-state index in [4.69, 9.17) is 4.74 Å². The molecule has 0 N–H and O–H groups in total. The number of nitrogens with zero attached hydrogens (tertiary/aromatic N) is 1. The van der Waals surface area contributed by atoms with E-state index in [1.165, 1.54) is 17.7 Å². The number of anilines is 1. The lowest BCUT2D eigenvalue weighted by Gasteiger charge is -2.34. The molecule has 0 amide bonds. The molecule has 0 saturated heterocycles. The first-order chi connectivity index (χ1) is 10.2. The molecular weight excluding hydrogens is 330 g/mol. The predicted molar refractivity (Wildman–Crippen MR) is 88.5 cm³/mol. The summed E-state index contributed by atoms with van der Waals surface area (Å²) in [6.45, 7) is 4.41. The molecular formula is C17H20BrNO2. The Morgan fingerprint density at radius 1 is 1.29 bits per heavy atom. The van der Waals surface area contributed by atoms with Gasteiger partial charge >= 0.3 is 5.97 Å². The van der Waals surface area contributed by atoms with Crippen LogP contribution >= 0.6 is 15.9 Å². The summed E-state index contributed by atoms with van der Waals surface area (Å²) in [6, 6.07) is 4.33. The monoisotopic (exact) mass is 349 g/mol. The molecule has 21 heavy (non-hydrogen) atoms. The van der Waals surface area contributed by atoms with Crippen LogP contribution in [0.3, 0.4) is 0 Å². The smallest absolute Gasteiger partial charge is 0.334 e. The van der Waals surface area contributed by atoms with E-state index in [-0.39, 0.29) is 5.97 Å². The first-order valence-electron chi connectivity index (χ1n) is 7.64. The van der Waals surface area contributed by atoms with Crippen molar-refractivity contribution in [3.63, 3.8) is 0 Å². The van der Waals surface area contributed by atoms with Crippen LogP contribution in [0.2, 0.25) is 0 Å². The van der Waals surface area contributed by atoms with Gasteiger partial charge in [0.1, 0.15) is 0 Å². The molecule has 0 fully saturated rings. The molecule has 4 heteroatoms. The van der Waals surface area contributed by atoms with Gasteiger partial charge in [-0.3, -0.25) is 0 Å². The number of esters is 1. The van der Waals surface area contributed by atoms with Gasteiger partial charge in [-0.2, -0.15) is 0 Å². The van der Waals surface area contributed by atoms with Crippen molar-refractivity contribution in [1.29, 1.82) is 0 Å². The number of aryl methyl sites for hydroxylation is 1. The Morgan fingerprint density at radius 3 is 2.81 bits per heavy atom. The Kier molecular flexibility index (Phi) is 4.34. The van der Waals surface area contributed by atoms with Gasteiger partial charge in [0.05, 0.1) is 6.61 Å². The molecule has 1 aromatic rings. The van der Waals surface area contributed by atoms with E-state index >= 15 is 0 Å². The molecule has 3 nitrogen and oxygen atoms in total. The van der Waals surface area contributed by atoms with Crippen LogP contribution in [-0.2, 0) is 16.0 Å². The van der Waals surface area contributed by atoms with Gasteiger partial charge in [-0.25, -0.2) is 4.79 Å². The predicted octanol–water partition coefficient (Wildman–Crippen LogP) is 3.94. The van der Waals surface area contributed by atoms with Gasteiger partial charge in [0.2, 0.25) is 0 Å². The highest BCUT2D eigenvalue weighted by molar-refractivity contribution is 9.10. The molecule has 2 aliphatic rings. The third-order valence-electron chi connectivity index (χ3n) is 4.11. The average molecular weight is 350 g/mol. The molecule has 1 aromatic carbocycles. The fourth-order valence-electron chi connectivity index (χ4n) is 3.27. The SMILES string of the molecule is CCOC(=O)/C1=C/c2cc(Br)cc3c2N(CCC1)CCC3. The lowest BCUT2D eigenvalue weighted by Crippen LogP contribution is -2.32. The summed E-state index contributed by atoms with van der Waals surface area (Å²) in [5, 5.41) is 0. The summed E-state index contributed by atoms with van der Waals surface area (Å²) < 4.78 is 6.27. The van der Waals surface area contributed by atoms with E-state index in [0.717, 1.165) is 48.0 Å². The molecule has 0 atom stereocenters. The fraction of sp³-hybridized carbons (Fsp3) is 0.471. The van der Waals surface area contributed by atoms with Crippen molar-refractivity contribution in [3.8, 4) is 0 Å². The zero-order chi connectivity index (χ0) is 14.8. The van der Waals surface area contributed by atoms with E-state index in [1.54, 1.807) is 0 Å². The van der Waals surface area contributed by atoms with E-state index in [0.29, 0.717) is 6.61 Å². The topological polar surface area (TPSA) is 29.5 Å². The highest BCUT2D eigenvalue weighted by atomic mass is 79.9. The minimum absolute atomic E-state index is 0.171. The highest BCUT2D eigenvalue weighted by Crippen LogP contribution is 2.37. The third-order valence-corrected chi connectivity index (χ3v) is 4.57. The molecule has 2 heterocycles. The molecule has 112 valence electrons. The summed E-state index contributed by atoms with van der Waals surface area (Å²) in [5.74, 6) is -0.171. The van der Waals surface area contributed by atoms with Gasteiger partial charge in [0, 0.05) is 28.8 Å². The molecule has 0 radical (unpaired) electrons. The van der Waals surface area contributed by atoms with Crippen molar-refractivity contribution in [2.24, 2.45) is 0 Å². The maximum Gasteiger partial charge on any atom is 0.334 e. The number of halogens is 1. The van der Waals surface area contributed by atoms with Crippen molar-refractivity contribution in [3.05, 3.63) is 33.3 Å². The van der Waals surface area contributed by atoms with Crippen LogP contribution in [0.1, 0.15) is 37.3 Å². The minimum atomic E-state index is -0.171. The number of hydrogen-bond acceptors (Lipinski definition) is 3. The maximum atomic E-state index is 12.1. The summed E-state index contributed by atoms with van der Waals surface area (Å²) in [6.07, 6.45) is 6.13. The van der Waals surface area contributed by atoms with Gasteiger partial charge < -0.3 is 9.64 Å². The van der Waals surface area contributed by atoms with Gasteiger partial charge in [0.25, 0.3) is 0 Å². The highest BCUT2D eigenvalue weighted by Gasteiger charge is 2.23. The zero-order valence-electron chi connectivity index (χ0n) is 12.3. The number of rotatable bonds is 2. The fourth-order valence-corrected chi connectivity index (χ4v) is 3.79. The quantitative estimate of drug-likeness (QED) is 0.757. The van der Waals surface area contributed by atoms with Crippen LogP contribution in [0.4, 0.5) is 5.69 Å². The Balaban J connectivity index is 2.08. The average Bonchev–Trinajstić information content (AvgIpc) is 2.43. The second kappa shape index (κ2) is 6.22. The third kappa shape index (κ3) is 3.00. The molecule has 0 spiro atoms. The Hall–Kier alpha value is -1.29. The number of benzene rings is 1. The first-order valence-corrected chi connectivity index (χ1v) is 8.43. The van der Waals surface area contributed by atoms with Crippen molar-refractivity contribution >= 4 is 33.7 Å². The molecule has 3 rings (SSSR count). The molecule has 0 unspecified atom stereocenters.